The number of nitrogens with zero attached hydrogens (tertiary/aromatic N) is 4. The molecule has 0 saturated carbocycles. The van der Waals surface area contributed by atoms with Crippen LogP contribution in [-0.4, -0.2) is 38.2 Å². The number of aromatic nitrogens is 3. The number of carbonyl (C=O) groups excluding carboxylic acids is 1. The summed E-state index contributed by atoms with van der Waals surface area (Å²) in [4.78, 5) is 14.6. The number of carbonyl (C=O) groups is 1. The van der Waals surface area contributed by atoms with Crippen molar-refractivity contribution >= 4 is 5.91 Å². The Labute approximate surface area is 148 Å². The van der Waals surface area contributed by atoms with Crippen molar-refractivity contribution in [3.05, 3.63) is 41.0 Å². The molecule has 0 bridgehead atoms. The molecule has 1 aliphatic heterocycles. The van der Waals surface area contributed by atoms with Gasteiger partial charge in [-0.15, -0.1) is 10.2 Å². The van der Waals surface area contributed by atoms with Crippen molar-refractivity contribution in [2.24, 2.45) is 0 Å². The van der Waals surface area contributed by atoms with Crippen LogP contribution in [0.25, 0.3) is 0 Å². The molecule has 0 fully saturated rings. The molecule has 2 aromatic rings. The highest BCUT2D eigenvalue weighted by molar-refractivity contribution is 5.81. The molecule has 134 valence electrons. The number of benzene rings is 1. The Hall–Kier alpha value is -2.37. The Morgan fingerprint density at radius 2 is 1.92 bits per heavy atom. The SMILES string of the molecule is Cc1ccc(C(C)C)cc1OC(C)C(=O)N1CCn2c(C)nnc2C1. The fourth-order valence-electron chi connectivity index (χ4n) is 3.09. The van der Waals surface area contributed by atoms with Crippen LogP contribution in [0.5, 0.6) is 5.75 Å². The lowest BCUT2D eigenvalue weighted by Gasteiger charge is -2.30. The zero-order chi connectivity index (χ0) is 18.1. The first-order valence-electron chi connectivity index (χ1n) is 8.81. The molecule has 0 saturated heterocycles. The van der Waals surface area contributed by atoms with Gasteiger partial charge in [0.25, 0.3) is 5.91 Å². The van der Waals surface area contributed by atoms with Crippen LogP contribution >= 0.6 is 0 Å². The van der Waals surface area contributed by atoms with Gasteiger partial charge in [0.05, 0.1) is 6.54 Å². The molecular weight excluding hydrogens is 316 g/mol. The molecule has 0 aliphatic carbocycles. The molecule has 2 heterocycles. The minimum absolute atomic E-state index is 0.0127. The van der Waals surface area contributed by atoms with Gasteiger partial charge in [0, 0.05) is 13.1 Å². The van der Waals surface area contributed by atoms with Crippen molar-refractivity contribution in [3.8, 4) is 5.75 Å². The van der Waals surface area contributed by atoms with E-state index >= 15 is 0 Å². The monoisotopic (exact) mass is 342 g/mol. The van der Waals surface area contributed by atoms with Gasteiger partial charge < -0.3 is 14.2 Å². The van der Waals surface area contributed by atoms with Crippen molar-refractivity contribution in [2.75, 3.05) is 6.54 Å². The summed E-state index contributed by atoms with van der Waals surface area (Å²) < 4.78 is 8.07. The fourth-order valence-corrected chi connectivity index (χ4v) is 3.09. The molecular formula is C19H26N4O2. The average molecular weight is 342 g/mol. The third-order valence-corrected chi connectivity index (χ3v) is 4.78. The van der Waals surface area contributed by atoms with E-state index in [0.29, 0.717) is 19.0 Å². The third-order valence-electron chi connectivity index (χ3n) is 4.78. The second-order valence-electron chi connectivity index (χ2n) is 7.01. The lowest BCUT2D eigenvalue weighted by atomic mass is 10.0. The molecule has 1 unspecified atom stereocenters. The quantitative estimate of drug-likeness (QED) is 0.857. The van der Waals surface area contributed by atoms with Gasteiger partial charge in [0.1, 0.15) is 11.6 Å². The fraction of sp³-hybridized carbons (Fsp3) is 0.526. The molecule has 25 heavy (non-hydrogen) atoms. The number of aryl methyl sites for hydroxylation is 2. The predicted molar refractivity (Wildman–Crippen MR) is 95.5 cm³/mol. The molecule has 1 amide bonds. The topological polar surface area (TPSA) is 60.2 Å². The van der Waals surface area contributed by atoms with Crippen LogP contribution in [0.4, 0.5) is 0 Å². The highest BCUT2D eigenvalue weighted by Crippen LogP contribution is 2.25. The zero-order valence-electron chi connectivity index (χ0n) is 15.6. The van der Waals surface area contributed by atoms with Crippen molar-refractivity contribution < 1.29 is 9.53 Å². The van der Waals surface area contributed by atoms with E-state index in [-0.39, 0.29) is 5.91 Å². The van der Waals surface area contributed by atoms with Crippen LogP contribution in [-0.2, 0) is 17.9 Å². The lowest BCUT2D eigenvalue weighted by molar-refractivity contribution is -0.139. The molecule has 6 nitrogen and oxygen atoms in total. The van der Waals surface area contributed by atoms with Crippen molar-refractivity contribution in [1.29, 1.82) is 0 Å². The number of hydrogen-bond donors (Lipinski definition) is 0. The molecule has 1 atom stereocenters. The molecule has 0 radical (unpaired) electrons. The van der Waals surface area contributed by atoms with Gasteiger partial charge in [0.15, 0.2) is 11.9 Å². The van der Waals surface area contributed by atoms with E-state index in [1.165, 1.54) is 5.56 Å². The summed E-state index contributed by atoms with van der Waals surface area (Å²) in [5.41, 5.74) is 2.25. The maximum absolute atomic E-state index is 12.8. The molecule has 6 heteroatoms. The van der Waals surface area contributed by atoms with Gasteiger partial charge in [-0.1, -0.05) is 26.0 Å². The number of rotatable bonds is 4. The second-order valence-corrected chi connectivity index (χ2v) is 7.01. The van der Waals surface area contributed by atoms with Gasteiger partial charge >= 0.3 is 0 Å². The normalized spacial score (nSPS) is 15.2. The number of amides is 1. The van der Waals surface area contributed by atoms with Crippen molar-refractivity contribution in [1.82, 2.24) is 19.7 Å². The van der Waals surface area contributed by atoms with Gasteiger partial charge in [-0.2, -0.15) is 0 Å². The van der Waals surface area contributed by atoms with E-state index in [9.17, 15) is 4.79 Å². The zero-order valence-corrected chi connectivity index (χ0v) is 15.6. The maximum Gasteiger partial charge on any atom is 0.263 e. The van der Waals surface area contributed by atoms with Crippen LogP contribution in [0.2, 0.25) is 0 Å². The van der Waals surface area contributed by atoms with E-state index < -0.39 is 6.10 Å². The van der Waals surface area contributed by atoms with Gasteiger partial charge in [-0.25, -0.2) is 0 Å². The summed E-state index contributed by atoms with van der Waals surface area (Å²) in [5.74, 6) is 2.92. The van der Waals surface area contributed by atoms with E-state index in [2.05, 4.69) is 34.7 Å². The van der Waals surface area contributed by atoms with Crippen LogP contribution in [0.1, 0.15) is 49.5 Å². The summed E-state index contributed by atoms with van der Waals surface area (Å²) >= 11 is 0. The molecule has 0 N–H and O–H groups in total. The number of hydrogen-bond acceptors (Lipinski definition) is 4. The van der Waals surface area contributed by atoms with Crippen LogP contribution in [0.3, 0.4) is 0 Å². The smallest absolute Gasteiger partial charge is 0.263 e. The first kappa shape index (κ1) is 17.5. The number of fused-ring (bicyclic) bond motifs is 1. The highest BCUT2D eigenvalue weighted by atomic mass is 16.5. The third kappa shape index (κ3) is 3.52. The van der Waals surface area contributed by atoms with E-state index in [4.69, 9.17) is 4.74 Å². The Bertz CT molecular complexity index is 782. The first-order valence-corrected chi connectivity index (χ1v) is 8.81. The molecule has 3 rings (SSSR count). The predicted octanol–water partition coefficient (Wildman–Crippen LogP) is 2.83. The Morgan fingerprint density at radius 1 is 1.16 bits per heavy atom. The largest absolute Gasteiger partial charge is 0.481 e. The average Bonchev–Trinajstić information content (AvgIpc) is 2.96. The van der Waals surface area contributed by atoms with E-state index in [1.54, 1.807) is 4.90 Å². The summed E-state index contributed by atoms with van der Waals surface area (Å²) in [7, 11) is 0. The summed E-state index contributed by atoms with van der Waals surface area (Å²) in [6, 6.07) is 6.20. The first-order chi connectivity index (χ1) is 11.9. The van der Waals surface area contributed by atoms with E-state index in [1.807, 2.05) is 32.9 Å². The van der Waals surface area contributed by atoms with Gasteiger partial charge in [0.2, 0.25) is 0 Å². The van der Waals surface area contributed by atoms with E-state index in [0.717, 1.165) is 29.5 Å². The highest BCUT2D eigenvalue weighted by Gasteiger charge is 2.28. The van der Waals surface area contributed by atoms with Crippen molar-refractivity contribution in [3.63, 3.8) is 0 Å². The Balaban J connectivity index is 1.70. The minimum Gasteiger partial charge on any atom is -0.481 e. The summed E-state index contributed by atoms with van der Waals surface area (Å²) in [6.07, 6.45) is -0.531. The Morgan fingerprint density at radius 3 is 2.64 bits per heavy atom. The molecule has 1 aromatic heterocycles. The van der Waals surface area contributed by atoms with Gasteiger partial charge in [-0.05, 0) is 43.9 Å². The standard InChI is InChI=1S/C19H26N4O2/c1-12(2)16-7-6-13(3)17(10-16)25-14(4)19(24)22-8-9-23-15(5)20-21-18(23)11-22/h6-7,10,12,14H,8-9,11H2,1-5H3. The molecule has 1 aliphatic rings. The maximum atomic E-state index is 12.8. The van der Waals surface area contributed by atoms with Crippen LogP contribution < -0.4 is 4.74 Å². The van der Waals surface area contributed by atoms with Crippen LogP contribution in [0.15, 0.2) is 18.2 Å². The molecule has 0 spiro atoms. The Kier molecular flexibility index (Phi) is 4.79. The van der Waals surface area contributed by atoms with Crippen molar-refractivity contribution in [2.45, 2.75) is 59.7 Å². The second kappa shape index (κ2) is 6.86. The summed E-state index contributed by atoms with van der Waals surface area (Å²) in [5, 5.41) is 8.24. The number of ether oxygens (including phenoxy) is 1. The van der Waals surface area contributed by atoms with Gasteiger partial charge in [-0.3, -0.25) is 4.79 Å². The summed E-state index contributed by atoms with van der Waals surface area (Å²) in [6.45, 7) is 11.9. The molecule has 1 aromatic carbocycles. The lowest BCUT2D eigenvalue weighted by Crippen LogP contribution is -2.44. The minimum atomic E-state index is -0.531. The van der Waals surface area contributed by atoms with Crippen LogP contribution in [0, 0.1) is 13.8 Å².